The zero-order chi connectivity index (χ0) is 12.2. The minimum Gasteiger partial charge on any atom is -0.495 e. The molecule has 0 spiro atoms. The van der Waals surface area contributed by atoms with E-state index in [0.29, 0.717) is 6.04 Å². The van der Waals surface area contributed by atoms with Crippen LogP contribution in [0.3, 0.4) is 0 Å². The molecule has 0 aliphatic rings. The molecule has 1 aromatic heterocycles. The molecule has 0 aliphatic carbocycles. The third-order valence-corrected chi connectivity index (χ3v) is 2.54. The van der Waals surface area contributed by atoms with Gasteiger partial charge in [-0.25, -0.2) is 0 Å². The van der Waals surface area contributed by atoms with Gasteiger partial charge in [0.2, 0.25) is 0 Å². The largest absolute Gasteiger partial charge is 0.495 e. The predicted molar refractivity (Wildman–Crippen MR) is 66.7 cm³/mol. The van der Waals surface area contributed by atoms with Gasteiger partial charge in [-0.2, -0.15) is 0 Å². The molecule has 16 heavy (non-hydrogen) atoms. The van der Waals surface area contributed by atoms with E-state index in [0.717, 1.165) is 12.2 Å². The summed E-state index contributed by atoms with van der Waals surface area (Å²) >= 11 is 0. The summed E-state index contributed by atoms with van der Waals surface area (Å²) in [5.74, 6) is 0.812. The third kappa shape index (κ3) is 3.81. The van der Waals surface area contributed by atoms with Crippen molar-refractivity contribution in [1.29, 1.82) is 0 Å². The second kappa shape index (κ2) is 5.30. The number of pyridine rings is 1. The van der Waals surface area contributed by atoms with Crippen molar-refractivity contribution < 1.29 is 4.74 Å². The van der Waals surface area contributed by atoms with Crippen LogP contribution in [0.4, 0.5) is 0 Å². The fourth-order valence-corrected chi connectivity index (χ4v) is 1.74. The number of nitrogens with one attached hydrogen (secondary N) is 1. The van der Waals surface area contributed by atoms with Gasteiger partial charge in [-0.15, -0.1) is 0 Å². The lowest BCUT2D eigenvalue weighted by atomic mass is 9.86. The van der Waals surface area contributed by atoms with Crippen LogP contribution in [0.5, 0.6) is 5.75 Å². The van der Waals surface area contributed by atoms with Crippen LogP contribution in [-0.2, 0) is 0 Å². The minimum atomic E-state index is 0.288. The van der Waals surface area contributed by atoms with Gasteiger partial charge in [0.05, 0.1) is 13.3 Å². The molecule has 1 N–H and O–H groups in total. The number of rotatable bonds is 4. The summed E-state index contributed by atoms with van der Waals surface area (Å²) in [6.07, 6.45) is 4.70. The molecule has 1 atom stereocenters. The van der Waals surface area contributed by atoms with Crippen molar-refractivity contribution in [3.8, 4) is 5.75 Å². The smallest absolute Gasteiger partial charge is 0.137 e. The maximum absolute atomic E-state index is 5.19. The molecule has 1 unspecified atom stereocenters. The van der Waals surface area contributed by atoms with Gasteiger partial charge in [0, 0.05) is 12.2 Å². The zero-order valence-corrected chi connectivity index (χ0v) is 10.9. The molecular weight excluding hydrogens is 200 g/mol. The van der Waals surface area contributed by atoms with Gasteiger partial charge in [-0.05, 0) is 30.5 Å². The van der Waals surface area contributed by atoms with Crippen LogP contribution >= 0.6 is 0 Å². The summed E-state index contributed by atoms with van der Waals surface area (Å²) in [5.41, 5.74) is 1.47. The Hall–Kier alpha value is -1.09. The maximum atomic E-state index is 5.19. The highest BCUT2D eigenvalue weighted by Gasteiger charge is 2.19. The third-order valence-electron chi connectivity index (χ3n) is 2.54. The Morgan fingerprint density at radius 3 is 2.56 bits per heavy atom. The van der Waals surface area contributed by atoms with Crippen molar-refractivity contribution in [2.45, 2.75) is 33.2 Å². The molecule has 90 valence electrons. The van der Waals surface area contributed by atoms with Crippen LogP contribution in [0.2, 0.25) is 0 Å². The van der Waals surface area contributed by atoms with Gasteiger partial charge in [0.25, 0.3) is 0 Å². The van der Waals surface area contributed by atoms with Crippen LogP contribution < -0.4 is 10.1 Å². The Bertz CT molecular complexity index is 331. The van der Waals surface area contributed by atoms with E-state index in [9.17, 15) is 0 Å². The van der Waals surface area contributed by atoms with Crippen molar-refractivity contribution in [3.05, 3.63) is 24.0 Å². The van der Waals surface area contributed by atoms with Crippen LogP contribution in [0, 0.1) is 5.41 Å². The van der Waals surface area contributed by atoms with Crippen molar-refractivity contribution in [3.63, 3.8) is 0 Å². The molecule has 0 aromatic carbocycles. The average Bonchev–Trinajstić information content (AvgIpc) is 2.25. The first-order chi connectivity index (χ1) is 7.46. The highest BCUT2D eigenvalue weighted by Crippen LogP contribution is 2.29. The molecule has 1 aromatic rings. The van der Waals surface area contributed by atoms with E-state index < -0.39 is 0 Å². The highest BCUT2D eigenvalue weighted by atomic mass is 16.5. The molecule has 0 amide bonds. The maximum Gasteiger partial charge on any atom is 0.137 e. The molecule has 3 heteroatoms. The van der Waals surface area contributed by atoms with Crippen LogP contribution in [-0.4, -0.2) is 19.1 Å². The second-order valence-electron chi connectivity index (χ2n) is 5.26. The quantitative estimate of drug-likeness (QED) is 0.850. The van der Waals surface area contributed by atoms with Gasteiger partial charge in [-0.1, -0.05) is 20.8 Å². The topological polar surface area (TPSA) is 34.2 Å². The van der Waals surface area contributed by atoms with E-state index in [1.165, 1.54) is 5.56 Å². The van der Waals surface area contributed by atoms with Gasteiger partial charge in [0.15, 0.2) is 0 Å². The summed E-state index contributed by atoms with van der Waals surface area (Å²) in [6, 6.07) is 2.36. The number of nitrogens with zero attached hydrogens (tertiary/aromatic N) is 1. The Labute approximate surface area is 98.2 Å². The van der Waals surface area contributed by atoms with E-state index in [1.807, 2.05) is 19.3 Å². The van der Waals surface area contributed by atoms with Crippen molar-refractivity contribution in [2.24, 2.45) is 5.41 Å². The lowest BCUT2D eigenvalue weighted by Gasteiger charge is -2.26. The number of hydrogen-bond acceptors (Lipinski definition) is 3. The lowest BCUT2D eigenvalue weighted by molar-refractivity contribution is 0.319. The van der Waals surface area contributed by atoms with Crippen LogP contribution in [0.15, 0.2) is 18.5 Å². The fraction of sp³-hybridized carbons (Fsp3) is 0.615. The molecule has 0 aliphatic heterocycles. The van der Waals surface area contributed by atoms with Gasteiger partial charge in [-0.3, -0.25) is 4.98 Å². The molecule has 0 fully saturated rings. The first-order valence-corrected chi connectivity index (χ1v) is 5.62. The summed E-state index contributed by atoms with van der Waals surface area (Å²) in [5, 5.41) is 3.33. The Morgan fingerprint density at radius 2 is 2.06 bits per heavy atom. The summed E-state index contributed by atoms with van der Waals surface area (Å²) in [7, 11) is 3.65. The van der Waals surface area contributed by atoms with E-state index in [2.05, 4.69) is 31.1 Å². The standard InChI is InChI=1S/C13H22N2O/c1-13(2,3)7-12(14-4)10-6-11(16-5)9-15-8-10/h6,8-9,12,14H,7H2,1-5H3. The van der Waals surface area contributed by atoms with Crippen LogP contribution in [0.1, 0.15) is 38.8 Å². The Balaban J connectivity index is 2.86. The fourth-order valence-electron chi connectivity index (χ4n) is 1.74. The molecule has 0 saturated carbocycles. The second-order valence-corrected chi connectivity index (χ2v) is 5.26. The first-order valence-electron chi connectivity index (χ1n) is 5.62. The normalized spacial score (nSPS) is 13.6. The van der Waals surface area contributed by atoms with Gasteiger partial charge in [0.1, 0.15) is 5.75 Å². The van der Waals surface area contributed by atoms with E-state index >= 15 is 0 Å². The Kier molecular flexibility index (Phi) is 4.30. The minimum absolute atomic E-state index is 0.288. The van der Waals surface area contributed by atoms with Gasteiger partial charge >= 0.3 is 0 Å². The first kappa shape index (κ1) is 13.0. The molecule has 0 bridgehead atoms. The molecular formula is C13H22N2O. The molecule has 1 heterocycles. The molecule has 1 rings (SSSR count). The van der Waals surface area contributed by atoms with Crippen molar-refractivity contribution in [2.75, 3.05) is 14.2 Å². The molecule has 0 saturated heterocycles. The Morgan fingerprint density at radius 1 is 1.38 bits per heavy atom. The SMILES string of the molecule is CNC(CC(C)(C)C)c1cncc(OC)c1. The van der Waals surface area contributed by atoms with Gasteiger partial charge < -0.3 is 10.1 Å². The highest BCUT2D eigenvalue weighted by molar-refractivity contribution is 5.26. The van der Waals surface area contributed by atoms with E-state index in [4.69, 9.17) is 4.74 Å². The monoisotopic (exact) mass is 222 g/mol. The predicted octanol–water partition coefficient (Wildman–Crippen LogP) is 2.79. The summed E-state index contributed by atoms with van der Waals surface area (Å²) in [4.78, 5) is 4.19. The van der Waals surface area contributed by atoms with Crippen LogP contribution in [0.25, 0.3) is 0 Å². The number of ether oxygens (including phenoxy) is 1. The number of hydrogen-bond donors (Lipinski definition) is 1. The summed E-state index contributed by atoms with van der Waals surface area (Å²) < 4.78 is 5.19. The number of methoxy groups -OCH3 is 1. The van der Waals surface area contributed by atoms with Crippen molar-refractivity contribution in [1.82, 2.24) is 10.3 Å². The molecule has 3 nitrogen and oxygen atoms in total. The van der Waals surface area contributed by atoms with E-state index in [-0.39, 0.29) is 5.41 Å². The van der Waals surface area contributed by atoms with E-state index in [1.54, 1.807) is 13.3 Å². The number of aromatic nitrogens is 1. The average molecular weight is 222 g/mol. The lowest BCUT2D eigenvalue weighted by Crippen LogP contribution is -2.22. The zero-order valence-electron chi connectivity index (χ0n) is 10.9. The summed E-state index contributed by atoms with van der Waals surface area (Å²) in [6.45, 7) is 6.72. The molecule has 0 radical (unpaired) electrons. The van der Waals surface area contributed by atoms with Crippen molar-refractivity contribution >= 4 is 0 Å².